The smallest absolute Gasteiger partial charge is 0.270 e. The summed E-state index contributed by atoms with van der Waals surface area (Å²) in [4.78, 5) is 77.1. The van der Waals surface area contributed by atoms with Crippen molar-refractivity contribution in [3.8, 4) is 6.07 Å². The molecule has 2 aromatic carbocycles. The van der Waals surface area contributed by atoms with Gasteiger partial charge in [-0.25, -0.2) is 9.74 Å². The molecule has 2 aliphatic rings. The molecule has 2 fully saturated rings. The van der Waals surface area contributed by atoms with E-state index in [9.17, 15) is 44.7 Å². The Labute approximate surface area is 194 Å². The van der Waals surface area contributed by atoms with Gasteiger partial charge in [-0.1, -0.05) is 0 Å². The van der Waals surface area contributed by atoms with Gasteiger partial charge in [0, 0.05) is 24.3 Å². The van der Waals surface area contributed by atoms with Crippen LogP contribution in [0.25, 0.3) is 4.85 Å². The Morgan fingerprint density at radius 3 is 1.86 bits per heavy atom. The SMILES string of the molecule is [C-]#[N+]c1cc([N+](=O)[O-])ccc1N1C(=O)C[C@]2(CC(=O)N(c3ccc([N+](=O)[O-])cc3C#N)C2=O)C1=O. The molecule has 0 unspecified atom stereocenters. The number of anilines is 2. The zero-order chi connectivity index (χ0) is 25.7. The summed E-state index contributed by atoms with van der Waals surface area (Å²) >= 11 is 0. The van der Waals surface area contributed by atoms with Crippen molar-refractivity contribution in [3.05, 3.63) is 73.6 Å². The van der Waals surface area contributed by atoms with Gasteiger partial charge in [0.05, 0.1) is 46.2 Å². The molecule has 0 aromatic heterocycles. The van der Waals surface area contributed by atoms with Gasteiger partial charge in [0.25, 0.3) is 17.3 Å². The number of hydrogen-bond acceptors (Lipinski definition) is 9. The normalized spacial score (nSPS) is 19.3. The molecule has 2 heterocycles. The lowest BCUT2D eigenvalue weighted by Crippen LogP contribution is -2.42. The summed E-state index contributed by atoms with van der Waals surface area (Å²) in [6.45, 7) is 7.27. The van der Waals surface area contributed by atoms with Crippen LogP contribution in [0.4, 0.5) is 28.4 Å². The number of nitrogens with zero attached hydrogens (tertiary/aromatic N) is 6. The first-order valence-corrected chi connectivity index (χ1v) is 9.65. The van der Waals surface area contributed by atoms with E-state index in [2.05, 4.69) is 4.85 Å². The molecular formula is C21H10N6O8. The molecule has 35 heavy (non-hydrogen) atoms. The largest absolute Gasteiger partial charge is 0.274 e. The maximum atomic E-state index is 13.4. The number of carbonyl (C=O) groups excluding carboxylic acids is 4. The summed E-state index contributed by atoms with van der Waals surface area (Å²) in [7, 11) is 0. The number of amides is 4. The molecule has 1 atom stereocenters. The van der Waals surface area contributed by atoms with Gasteiger partial charge in [0.15, 0.2) is 0 Å². The average Bonchev–Trinajstić information content (AvgIpc) is 3.22. The Kier molecular flexibility index (Phi) is 5.07. The van der Waals surface area contributed by atoms with Crippen LogP contribution in [-0.4, -0.2) is 33.5 Å². The number of nitro groups is 2. The van der Waals surface area contributed by atoms with Gasteiger partial charge in [0.2, 0.25) is 23.4 Å². The Hall–Kier alpha value is -5.50. The summed E-state index contributed by atoms with van der Waals surface area (Å²) in [6, 6.07) is 7.44. The number of rotatable bonds is 4. The predicted octanol–water partition coefficient (Wildman–Crippen LogP) is 2.14. The van der Waals surface area contributed by atoms with Crippen molar-refractivity contribution in [2.75, 3.05) is 9.80 Å². The van der Waals surface area contributed by atoms with Crippen LogP contribution in [0.3, 0.4) is 0 Å². The molecule has 0 aliphatic carbocycles. The van der Waals surface area contributed by atoms with E-state index in [0.29, 0.717) is 9.80 Å². The second-order valence-electron chi connectivity index (χ2n) is 7.62. The van der Waals surface area contributed by atoms with E-state index in [1.165, 1.54) is 0 Å². The topological polar surface area (TPSA) is 189 Å². The molecule has 0 N–H and O–H groups in total. The molecule has 4 rings (SSSR count). The lowest BCUT2D eigenvalue weighted by atomic mass is 9.84. The van der Waals surface area contributed by atoms with Gasteiger partial charge in [-0.05, 0) is 12.1 Å². The molecule has 14 heteroatoms. The summed E-state index contributed by atoms with van der Waals surface area (Å²) in [6.07, 6.45) is -1.43. The van der Waals surface area contributed by atoms with Gasteiger partial charge in [-0.3, -0.25) is 44.3 Å². The Morgan fingerprint density at radius 2 is 1.37 bits per heavy atom. The van der Waals surface area contributed by atoms with Crippen LogP contribution >= 0.6 is 0 Å². The highest BCUT2D eigenvalue weighted by molar-refractivity contribution is 6.38. The third-order valence-corrected chi connectivity index (χ3v) is 5.71. The quantitative estimate of drug-likeness (QED) is 0.210. The minimum Gasteiger partial charge on any atom is -0.274 e. The van der Waals surface area contributed by atoms with Crippen molar-refractivity contribution in [2.45, 2.75) is 12.8 Å². The molecule has 2 aliphatic heterocycles. The van der Waals surface area contributed by atoms with Crippen LogP contribution in [0.5, 0.6) is 0 Å². The average molecular weight is 474 g/mol. The maximum absolute atomic E-state index is 13.4. The van der Waals surface area contributed by atoms with Crippen molar-refractivity contribution >= 4 is 52.1 Å². The number of imide groups is 2. The van der Waals surface area contributed by atoms with E-state index >= 15 is 0 Å². The number of benzene rings is 2. The first-order valence-electron chi connectivity index (χ1n) is 9.65. The second kappa shape index (κ2) is 7.82. The number of nitriles is 1. The zero-order valence-electron chi connectivity index (χ0n) is 17.3. The molecule has 0 radical (unpaired) electrons. The highest BCUT2D eigenvalue weighted by Crippen LogP contribution is 2.48. The van der Waals surface area contributed by atoms with Gasteiger partial charge < -0.3 is 0 Å². The van der Waals surface area contributed by atoms with E-state index in [-0.39, 0.29) is 22.6 Å². The molecule has 0 bridgehead atoms. The minimum atomic E-state index is -2.15. The van der Waals surface area contributed by atoms with Crippen molar-refractivity contribution < 1.29 is 29.0 Å². The fourth-order valence-corrected chi connectivity index (χ4v) is 4.10. The molecule has 172 valence electrons. The van der Waals surface area contributed by atoms with Gasteiger partial charge in [-0.15, -0.1) is 0 Å². The molecule has 0 saturated carbocycles. The van der Waals surface area contributed by atoms with Gasteiger partial charge >= 0.3 is 0 Å². The number of non-ortho nitro benzene ring substituents is 2. The van der Waals surface area contributed by atoms with E-state index in [1.807, 2.05) is 0 Å². The predicted molar refractivity (Wildman–Crippen MR) is 114 cm³/mol. The third kappa shape index (κ3) is 3.25. The zero-order valence-corrected chi connectivity index (χ0v) is 17.3. The monoisotopic (exact) mass is 474 g/mol. The summed E-state index contributed by atoms with van der Waals surface area (Å²) in [5.74, 6) is -4.00. The van der Waals surface area contributed by atoms with Crippen LogP contribution in [-0.2, 0) is 19.2 Å². The first kappa shape index (κ1) is 22.7. The van der Waals surface area contributed by atoms with E-state index in [0.717, 1.165) is 36.4 Å². The lowest BCUT2D eigenvalue weighted by molar-refractivity contribution is -0.385. The van der Waals surface area contributed by atoms with E-state index in [1.54, 1.807) is 6.07 Å². The molecule has 2 aromatic rings. The third-order valence-electron chi connectivity index (χ3n) is 5.71. The fraction of sp³-hybridized carbons (Fsp3) is 0.143. The Morgan fingerprint density at radius 1 is 0.886 bits per heavy atom. The molecule has 2 saturated heterocycles. The summed E-state index contributed by atoms with van der Waals surface area (Å²) in [5, 5.41) is 31.4. The van der Waals surface area contributed by atoms with Crippen LogP contribution in [0, 0.1) is 43.5 Å². The highest BCUT2D eigenvalue weighted by atomic mass is 16.6. The Balaban J connectivity index is 1.76. The van der Waals surface area contributed by atoms with Crippen LogP contribution in [0.2, 0.25) is 0 Å². The Bertz CT molecular complexity index is 1370. The number of nitro benzene ring substituents is 2. The van der Waals surface area contributed by atoms with Crippen molar-refractivity contribution in [1.82, 2.24) is 0 Å². The minimum absolute atomic E-state index is 0.274. The lowest BCUT2D eigenvalue weighted by Gasteiger charge is -2.21. The standard InChI is InChI=1S/C21H10N6O8/c1-23-14-7-13(27(34)35)3-5-16(14)25-18(29)9-21(20(25)31)8-17(28)24(19(21)30)15-4-2-12(26(32)33)6-11(15)10-22/h2-7H,8-9H2/t21-/m0/s1. The van der Waals surface area contributed by atoms with E-state index in [4.69, 9.17) is 6.57 Å². The van der Waals surface area contributed by atoms with Crippen LogP contribution in [0.1, 0.15) is 18.4 Å². The van der Waals surface area contributed by atoms with Crippen LogP contribution in [0.15, 0.2) is 36.4 Å². The maximum Gasteiger partial charge on any atom is 0.270 e. The van der Waals surface area contributed by atoms with Gasteiger partial charge in [-0.2, -0.15) is 5.26 Å². The molecule has 1 spiro atoms. The second-order valence-corrected chi connectivity index (χ2v) is 7.62. The molecule has 4 amide bonds. The summed E-state index contributed by atoms with van der Waals surface area (Å²) in [5.41, 5.74) is -4.35. The number of carbonyl (C=O) groups is 4. The highest BCUT2D eigenvalue weighted by Gasteiger charge is 2.64. The molecular weight excluding hydrogens is 464 g/mol. The van der Waals surface area contributed by atoms with Crippen molar-refractivity contribution in [2.24, 2.45) is 5.41 Å². The van der Waals surface area contributed by atoms with E-state index < -0.39 is 63.1 Å². The molecule has 14 nitrogen and oxygen atoms in total. The first-order chi connectivity index (χ1) is 16.5. The van der Waals surface area contributed by atoms with Crippen molar-refractivity contribution in [1.29, 1.82) is 5.26 Å². The fourth-order valence-electron chi connectivity index (χ4n) is 4.10. The summed E-state index contributed by atoms with van der Waals surface area (Å²) < 4.78 is 0. The van der Waals surface area contributed by atoms with Crippen molar-refractivity contribution in [3.63, 3.8) is 0 Å². The number of hydrogen-bond donors (Lipinski definition) is 0. The van der Waals surface area contributed by atoms with Gasteiger partial charge in [0.1, 0.15) is 11.5 Å². The van der Waals surface area contributed by atoms with Crippen LogP contribution < -0.4 is 9.80 Å².